The summed E-state index contributed by atoms with van der Waals surface area (Å²) < 4.78 is 2.13. The van der Waals surface area contributed by atoms with Crippen molar-refractivity contribution in [2.75, 3.05) is 0 Å². The molecule has 0 fully saturated rings. The Morgan fingerprint density at radius 3 is 1.62 bits per heavy atom. The minimum absolute atomic E-state index is 0.180. The van der Waals surface area contributed by atoms with Crippen molar-refractivity contribution in [1.29, 1.82) is 0 Å². The van der Waals surface area contributed by atoms with E-state index in [4.69, 9.17) is 11.6 Å². The largest absolute Gasteiger partial charge is 0.273 e. The molecule has 0 unspecified atom stereocenters. The van der Waals surface area contributed by atoms with Crippen LogP contribution in [0.5, 0.6) is 0 Å². The van der Waals surface area contributed by atoms with Crippen LogP contribution in [0.15, 0.2) is 72.8 Å². The number of fused-ring (bicyclic) bond motifs is 3. The van der Waals surface area contributed by atoms with Crippen LogP contribution in [0.1, 0.15) is 75.8 Å². The number of hydrogen-bond donors (Lipinski definition) is 0. The summed E-state index contributed by atoms with van der Waals surface area (Å²) in [5.41, 5.74) is 7.31. The van der Waals surface area contributed by atoms with Gasteiger partial charge in [0, 0.05) is 0 Å². The van der Waals surface area contributed by atoms with Crippen molar-refractivity contribution in [2.24, 2.45) is 0 Å². The fraction of sp³-hybridized carbons (Fsp3) is 0.314. The Balaban J connectivity index is 0.000000221. The average Bonchev–Trinajstić information content (AvgIpc) is 3.49. The second kappa shape index (κ2) is 12.3. The Kier molecular flexibility index (Phi) is 9.82. The molecule has 0 aromatic heterocycles. The molecule has 190 valence electrons. The maximum atomic E-state index is 5.66. The maximum absolute atomic E-state index is 5.66. The van der Waals surface area contributed by atoms with E-state index in [0.29, 0.717) is 0 Å². The molecule has 0 N–H and O–H groups in total. The van der Waals surface area contributed by atoms with Gasteiger partial charge in [-0.05, 0) is 24.7 Å². The van der Waals surface area contributed by atoms with Gasteiger partial charge in [0.25, 0.3) is 0 Å². The molecule has 0 atom stereocenters. The molecule has 0 bridgehead atoms. The van der Waals surface area contributed by atoms with Crippen LogP contribution in [0, 0.1) is 19.9 Å². The summed E-state index contributed by atoms with van der Waals surface area (Å²) >= 11 is 7.08. The van der Waals surface area contributed by atoms with Gasteiger partial charge in [0.05, 0.1) is 0 Å². The van der Waals surface area contributed by atoms with Crippen LogP contribution >= 0.6 is 11.6 Å². The van der Waals surface area contributed by atoms with Crippen LogP contribution in [0.25, 0.3) is 21.5 Å². The second-order valence-corrected chi connectivity index (χ2v) is 13.0. The summed E-state index contributed by atoms with van der Waals surface area (Å²) in [7, 11) is 0. The van der Waals surface area contributed by atoms with Crippen LogP contribution in [0.3, 0.4) is 0 Å². The zero-order valence-corrected chi connectivity index (χ0v) is 26.8. The SMILES string of the molecule is Cc1cc2[cH-]c3cc(C)c(C(C)(C)C)cc3c2cc1C(C)(C)C.Clc1ccc([CH]=[Zr+2])cc1.[C-]1=CC=CC1. The van der Waals surface area contributed by atoms with Gasteiger partial charge in [-0.25, -0.2) is 12.2 Å². The first-order chi connectivity index (χ1) is 17.3. The molecule has 1 aliphatic carbocycles. The number of benzene rings is 3. The smallest absolute Gasteiger partial charge is 0.109 e. The first-order valence-corrected chi connectivity index (χ1v) is 14.7. The summed E-state index contributed by atoms with van der Waals surface area (Å²) in [6, 6.07) is 19.7. The van der Waals surface area contributed by atoms with Gasteiger partial charge < -0.3 is 0 Å². The van der Waals surface area contributed by atoms with Crippen molar-refractivity contribution in [3.05, 3.63) is 112 Å². The molecule has 0 spiro atoms. The number of halogens is 1. The maximum Gasteiger partial charge on any atom is -0.109 e. The molecule has 1 aliphatic rings. The molecule has 0 radical (unpaired) electrons. The van der Waals surface area contributed by atoms with E-state index in [9.17, 15) is 0 Å². The topological polar surface area (TPSA) is 0 Å². The molecular weight excluding hydrogens is 547 g/mol. The number of allylic oxidation sites excluding steroid dienone is 4. The van der Waals surface area contributed by atoms with Crippen LogP contribution in [0.4, 0.5) is 0 Å². The molecule has 4 aromatic carbocycles. The summed E-state index contributed by atoms with van der Waals surface area (Å²) in [5.74, 6) is 0. The van der Waals surface area contributed by atoms with E-state index in [-0.39, 0.29) is 10.8 Å². The minimum Gasteiger partial charge on any atom is -0.273 e. The van der Waals surface area contributed by atoms with E-state index < -0.39 is 0 Å². The van der Waals surface area contributed by atoms with Crippen molar-refractivity contribution in [3.8, 4) is 0 Å². The zero-order chi connectivity index (χ0) is 27.4. The van der Waals surface area contributed by atoms with Crippen molar-refractivity contribution in [3.63, 3.8) is 0 Å². The van der Waals surface area contributed by atoms with Crippen LogP contribution in [0.2, 0.25) is 5.02 Å². The predicted molar refractivity (Wildman–Crippen MR) is 162 cm³/mol. The van der Waals surface area contributed by atoms with E-state index in [1.165, 1.54) is 73.6 Å². The molecule has 5 rings (SSSR count). The van der Waals surface area contributed by atoms with Gasteiger partial charge in [-0.3, -0.25) is 6.08 Å². The van der Waals surface area contributed by atoms with Crippen LogP contribution < -0.4 is 0 Å². The van der Waals surface area contributed by atoms with Gasteiger partial charge in [-0.2, -0.15) is 6.08 Å². The zero-order valence-electron chi connectivity index (χ0n) is 23.6. The summed E-state index contributed by atoms with van der Waals surface area (Å²) in [6.45, 7) is 18.3. The number of rotatable bonds is 1. The third-order valence-electron chi connectivity index (χ3n) is 6.63. The van der Waals surface area contributed by atoms with Gasteiger partial charge in [-0.1, -0.05) is 75.9 Å². The summed E-state index contributed by atoms with van der Waals surface area (Å²) in [5, 5.41) is 6.35. The molecular formula is C35H39ClZr. The van der Waals surface area contributed by atoms with Gasteiger partial charge >= 0.3 is 74.4 Å². The Morgan fingerprint density at radius 2 is 1.30 bits per heavy atom. The number of hydrogen-bond acceptors (Lipinski definition) is 0. The molecule has 2 heteroatoms. The average molecular weight is 586 g/mol. The molecule has 0 saturated heterocycles. The quantitative estimate of drug-likeness (QED) is 0.195. The van der Waals surface area contributed by atoms with Crippen LogP contribution in [-0.4, -0.2) is 3.71 Å². The molecule has 4 aromatic rings. The molecule has 0 heterocycles. The molecule has 0 nitrogen and oxygen atoms in total. The summed E-state index contributed by atoms with van der Waals surface area (Å²) in [4.78, 5) is 0. The molecule has 0 saturated carbocycles. The van der Waals surface area contributed by atoms with E-state index in [1.54, 1.807) is 0 Å². The van der Waals surface area contributed by atoms with Crippen molar-refractivity contribution in [2.45, 2.75) is 72.6 Å². The van der Waals surface area contributed by atoms with E-state index in [2.05, 4.69) is 102 Å². The van der Waals surface area contributed by atoms with Crippen molar-refractivity contribution >= 4 is 36.9 Å². The second-order valence-electron chi connectivity index (χ2n) is 11.9. The van der Waals surface area contributed by atoms with Gasteiger partial charge in [-0.15, -0.1) is 46.2 Å². The molecule has 0 aliphatic heterocycles. The summed E-state index contributed by atoms with van der Waals surface area (Å²) in [6.07, 6.45) is 10.0. The monoisotopic (exact) mass is 584 g/mol. The third-order valence-corrected chi connectivity index (χ3v) is 7.70. The number of aryl methyl sites for hydroxylation is 2. The van der Waals surface area contributed by atoms with Crippen molar-refractivity contribution < 1.29 is 24.2 Å². The van der Waals surface area contributed by atoms with Gasteiger partial charge in [0.15, 0.2) is 0 Å². The van der Waals surface area contributed by atoms with Crippen LogP contribution in [-0.2, 0) is 35.1 Å². The van der Waals surface area contributed by atoms with Gasteiger partial charge in [0.1, 0.15) is 0 Å². The fourth-order valence-electron chi connectivity index (χ4n) is 4.85. The molecule has 0 amide bonds. The first kappa shape index (κ1) is 29.6. The Hall–Kier alpha value is -1.95. The van der Waals surface area contributed by atoms with E-state index in [1.807, 2.05) is 36.4 Å². The molecule has 37 heavy (non-hydrogen) atoms. The normalized spacial score (nSPS) is 12.8. The minimum atomic E-state index is 0.180. The Bertz CT molecular complexity index is 1350. The van der Waals surface area contributed by atoms with Gasteiger partial charge in [0.2, 0.25) is 0 Å². The first-order valence-electron chi connectivity index (χ1n) is 12.9. The van der Waals surface area contributed by atoms with Crippen molar-refractivity contribution in [1.82, 2.24) is 0 Å². The Morgan fingerprint density at radius 1 is 0.811 bits per heavy atom. The third kappa shape index (κ3) is 7.78. The van der Waals surface area contributed by atoms with E-state index >= 15 is 0 Å². The fourth-order valence-corrected chi connectivity index (χ4v) is 5.45. The standard InChI is InChI=1S/C23H29.C7H5Cl.C5H5.Zr/c1-14-9-16-11-17-10-15(2)21(23(6,7)8)13-19(17)18(16)12-20(14)22(3,4)5;1-6-2-4-7(8)5-3-6;1-2-4-5-3-1;/h9-13H,1-8H3;1-5H;1-3H,4H2;/q-1;;-1;+2. The predicted octanol–water partition coefficient (Wildman–Crippen LogP) is 10.3. The Labute approximate surface area is 244 Å². The van der Waals surface area contributed by atoms with E-state index in [0.717, 1.165) is 11.4 Å².